The number of carbonyl (C=O) groups excluding carboxylic acids is 1. The van der Waals surface area contributed by atoms with E-state index < -0.39 is 0 Å². The molecule has 2 heterocycles. The number of amides is 1. The van der Waals surface area contributed by atoms with Gasteiger partial charge in [-0.1, -0.05) is 20.3 Å². The Morgan fingerprint density at radius 2 is 2.00 bits per heavy atom. The number of unbranched alkanes of at least 4 members (excludes halogenated alkanes) is 1. The van der Waals surface area contributed by atoms with E-state index in [1.165, 1.54) is 12.8 Å². The molecule has 0 spiro atoms. The molecule has 1 aliphatic rings. The van der Waals surface area contributed by atoms with Crippen LogP contribution in [0.15, 0.2) is 11.4 Å². The second-order valence-electron chi connectivity index (χ2n) is 6.96. The van der Waals surface area contributed by atoms with Gasteiger partial charge in [0.2, 0.25) is 5.91 Å². The molecule has 146 valence electrons. The monoisotopic (exact) mass is 379 g/mol. The molecule has 26 heavy (non-hydrogen) atoms. The summed E-state index contributed by atoms with van der Waals surface area (Å²) in [6.45, 7) is 10.4. The number of carbonyl (C=O) groups is 1. The van der Waals surface area contributed by atoms with Gasteiger partial charge in [-0.25, -0.2) is 9.97 Å². The number of nitrogens with two attached hydrogens (primary N) is 1. The van der Waals surface area contributed by atoms with E-state index in [0.717, 1.165) is 55.4 Å². The van der Waals surface area contributed by atoms with Gasteiger partial charge in [-0.3, -0.25) is 4.79 Å². The Bertz CT molecular complexity index is 575. The maximum atomic E-state index is 12.3. The van der Waals surface area contributed by atoms with Crippen LogP contribution in [0.4, 0.5) is 5.82 Å². The summed E-state index contributed by atoms with van der Waals surface area (Å²) in [6, 6.07) is 0. The summed E-state index contributed by atoms with van der Waals surface area (Å²) in [5, 5.41) is 1.64. The van der Waals surface area contributed by atoms with Gasteiger partial charge in [-0.05, 0) is 32.7 Å². The van der Waals surface area contributed by atoms with Crippen LogP contribution in [0, 0.1) is 6.92 Å². The van der Waals surface area contributed by atoms with Gasteiger partial charge in [-0.2, -0.15) is 0 Å². The normalized spacial score (nSPS) is 16.0. The SMILES string of the molecule is CCCC(C)Sc1ncnc(N2CCN(C(=O)CCCCN)CC2)c1C. The molecule has 1 aromatic heterocycles. The summed E-state index contributed by atoms with van der Waals surface area (Å²) >= 11 is 1.84. The molecule has 0 aromatic carbocycles. The predicted octanol–water partition coefficient (Wildman–Crippen LogP) is 2.84. The molecule has 1 fully saturated rings. The van der Waals surface area contributed by atoms with Crippen molar-refractivity contribution in [1.82, 2.24) is 14.9 Å². The van der Waals surface area contributed by atoms with Gasteiger partial charge in [0.25, 0.3) is 0 Å². The minimum absolute atomic E-state index is 0.252. The maximum absolute atomic E-state index is 12.3. The molecule has 1 atom stereocenters. The van der Waals surface area contributed by atoms with Gasteiger partial charge in [0, 0.05) is 43.4 Å². The molecule has 2 rings (SSSR count). The highest BCUT2D eigenvalue weighted by Gasteiger charge is 2.23. The first-order chi connectivity index (χ1) is 12.6. The maximum Gasteiger partial charge on any atom is 0.222 e. The molecule has 0 aliphatic carbocycles. The number of hydrogen-bond donors (Lipinski definition) is 1. The number of rotatable bonds is 9. The fourth-order valence-electron chi connectivity index (χ4n) is 3.27. The first kappa shape index (κ1) is 21.0. The number of thioether (sulfide) groups is 1. The summed E-state index contributed by atoms with van der Waals surface area (Å²) in [5.41, 5.74) is 6.66. The Kier molecular flexibility index (Phi) is 8.65. The fraction of sp³-hybridized carbons (Fsp3) is 0.737. The average Bonchev–Trinajstić information content (AvgIpc) is 2.64. The van der Waals surface area contributed by atoms with E-state index in [2.05, 4.69) is 35.6 Å². The van der Waals surface area contributed by atoms with Crippen LogP contribution in [0.2, 0.25) is 0 Å². The zero-order valence-electron chi connectivity index (χ0n) is 16.4. The minimum atomic E-state index is 0.252. The van der Waals surface area contributed by atoms with Crippen molar-refractivity contribution in [1.29, 1.82) is 0 Å². The second-order valence-corrected chi connectivity index (χ2v) is 8.39. The van der Waals surface area contributed by atoms with Crippen LogP contribution in [-0.4, -0.2) is 58.7 Å². The van der Waals surface area contributed by atoms with Crippen LogP contribution >= 0.6 is 11.8 Å². The molecule has 0 radical (unpaired) electrons. The summed E-state index contributed by atoms with van der Waals surface area (Å²) in [7, 11) is 0. The van der Waals surface area contributed by atoms with E-state index in [9.17, 15) is 4.79 Å². The lowest BCUT2D eigenvalue weighted by Gasteiger charge is -2.36. The topological polar surface area (TPSA) is 75.4 Å². The van der Waals surface area contributed by atoms with Crippen molar-refractivity contribution in [2.45, 2.75) is 63.2 Å². The smallest absolute Gasteiger partial charge is 0.222 e. The van der Waals surface area contributed by atoms with Crippen LogP contribution in [0.3, 0.4) is 0 Å². The van der Waals surface area contributed by atoms with E-state index in [4.69, 9.17) is 5.73 Å². The second kappa shape index (κ2) is 10.7. The van der Waals surface area contributed by atoms with Gasteiger partial charge in [0.15, 0.2) is 0 Å². The predicted molar refractivity (Wildman–Crippen MR) is 109 cm³/mol. The first-order valence-corrected chi connectivity index (χ1v) is 10.7. The van der Waals surface area contributed by atoms with Gasteiger partial charge in [-0.15, -0.1) is 11.8 Å². The summed E-state index contributed by atoms with van der Waals surface area (Å²) in [4.78, 5) is 25.5. The van der Waals surface area contributed by atoms with E-state index in [1.54, 1.807) is 6.33 Å². The number of hydrogen-bond acceptors (Lipinski definition) is 6. The lowest BCUT2D eigenvalue weighted by Crippen LogP contribution is -2.49. The molecule has 1 aliphatic heterocycles. The van der Waals surface area contributed by atoms with Crippen molar-refractivity contribution in [3.05, 3.63) is 11.9 Å². The Morgan fingerprint density at radius 1 is 1.27 bits per heavy atom. The number of piperazine rings is 1. The third-order valence-corrected chi connectivity index (χ3v) is 6.07. The highest BCUT2D eigenvalue weighted by atomic mass is 32.2. The molecular formula is C19H33N5OS. The molecular weight excluding hydrogens is 346 g/mol. The van der Waals surface area contributed by atoms with Crippen molar-refractivity contribution in [2.75, 3.05) is 37.6 Å². The van der Waals surface area contributed by atoms with Crippen molar-refractivity contribution in [3.8, 4) is 0 Å². The van der Waals surface area contributed by atoms with E-state index >= 15 is 0 Å². The highest BCUT2D eigenvalue weighted by Crippen LogP contribution is 2.31. The molecule has 2 N–H and O–H groups in total. The molecule has 1 amide bonds. The van der Waals surface area contributed by atoms with Gasteiger partial charge in [0.1, 0.15) is 17.2 Å². The Balaban J connectivity index is 1.93. The van der Waals surface area contributed by atoms with Crippen LogP contribution in [0.5, 0.6) is 0 Å². The summed E-state index contributed by atoms with van der Waals surface area (Å²) in [5.74, 6) is 1.27. The average molecular weight is 380 g/mol. The molecule has 7 heteroatoms. The number of anilines is 1. The zero-order chi connectivity index (χ0) is 18.9. The lowest BCUT2D eigenvalue weighted by molar-refractivity contribution is -0.131. The van der Waals surface area contributed by atoms with Crippen molar-refractivity contribution < 1.29 is 4.79 Å². The van der Waals surface area contributed by atoms with Crippen molar-refractivity contribution in [2.24, 2.45) is 5.73 Å². The summed E-state index contributed by atoms with van der Waals surface area (Å²) < 4.78 is 0. The minimum Gasteiger partial charge on any atom is -0.353 e. The third-order valence-electron chi connectivity index (χ3n) is 4.80. The first-order valence-electron chi connectivity index (χ1n) is 9.77. The van der Waals surface area contributed by atoms with Crippen LogP contribution in [0.1, 0.15) is 51.5 Å². The molecule has 0 bridgehead atoms. The molecule has 0 saturated carbocycles. The Morgan fingerprint density at radius 3 is 2.65 bits per heavy atom. The van der Waals surface area contributed by atoms with E-state index in [1.807, 2.05) is 16.7 Å². The zero-order valence-corrected chi connectivity index (χ0v) is 17.2. The standard InChI is InChI=1S/C19H33N5OS/c1-4-7-15(2)26-19-16(3)18(21-14-22-19)24-12-10-23(11-13-24)17(25)8-5-6-9-20/h14-15H,4-13,20H2,1-3H3. The van der Waals surface area contributed by atoms with E-state index in [-0.39, 0.29) is 5.91 Å². The van der Waals surface area contributed by atoms with Gasteiger partial charge < -0.3 is 15.5 Å². The third kappa shape index (κ3) is 5.84. The lowest BCUT2D eigenvalue weighted by atomic mass is 10.2. The molecule has 1 unspecified atom stereocenters. The number of nitrogens with zero attached hydrogens (tertiary/aromatic N) is 4. The largest absolute Gasteiger partial charge is 0.353 e. The van der Waals surface area contributed by atoms with Gasteiger partial charge >= 0.3 is 0 Å². The number of aromatic nitrogens is 2. The van der Waals surface area contributed by atoms with Crippen LogP contribution in [0.25, 0.3) is 0 Å². The Labute approximate surface area is 161 Å². The van der Waals surface area contributed by atoms with Crippen molar-refractivity contribution >= 4 is 23.5 Å². The highest BCUT2D eigenvalue weighted by molar-refractivity contribution is 7.99. The van der Waals surface area contributed by atoms with Gasteiger partial charge in [0.05, 0.1) is 0 Å². The van der Waals surface area contributed by atoms with Crippen LogP contribution < -0.4 is 10.6 Å². The summed E-state index contributed by atoms with van der Waals surface area (Å²) in [6.07, 6.45) is 6.47. The van der Waals surface area contributed by atoms with E-state index in [0.29, 0.717) is 18.2 Å². The fourth-order valence-corrected chi connectivity index (χ4v) is 4.38. The molecule has 6 nitrogen and oxygen atoms in total. The van der Waals surface area contributed by atoms with Crippen molar-refractivity contribution in [3.63, 3.8) is 0 Å². The van der Waals surface area contributed by atoms with Crippen LogP contribution in [-0.2, 0) is 4.79 Å². The molecule has 1 aromatic rings. The Hall–Kier alpha value is -1.34. The molecule has 1 saturated heterocycles. The quantitative estimate of drug-likeness (QED) is 0.404.